The van der Waals surface area contributed by atoms with Crippen LogP contribution in [0.25, 0.3) is 10.8 Å². The maximum atomic E-state index is 13.1. The minimum absolute atomic E-state index is 0.142. The van der Waals surface area contributed by atoms with Crippen molar-refractivity contribution in [1.29, 1.82) is 0 Å². The van der Waals surface area contributed by atoms with Crippen LogP contribution in [0.1, 0.15) is 27.5 Å². The van der Waals surface area contributed by atoms with E-state index in [9.17, 15) is 9.90 Å². The minimum Gasteiger partial charge on any atom is -0.508 e. The first kappa shape index (κ1) is 18.6. The third-order valence-corrected chi connectivity index (χ3v) is 4.98. The van der Waals surface area contributed by atoms with Crippen LogP contribution in [0.5, 0.6) is 11.5 Å². The van der Waals surface area contributed by atoms with Crippen LogP contribution in [0.3, 0.4) is 0 Å². The van der Waals surface area contributed by atoms with Gasteiger partial charge >= 0.3 is 0 Å². The van der Waals surface area contributed by atoms with Gasteiger partial charge < -0.3 is 15.2 Å². The smallest absolute Gasteiger partial charge is 0.252 e. The fourth-order valence-corrected chi connectivity index (χ4v) is 3.53. The number of phenolic OH excluding ortho intramolecular Hbond substituents is 1. The van der Waals surface area contributed by atoms with Crippen molar-refractivity contribution in [1.82, 2.24) is 5.32 Å². The SMILES string of the molecule is COc1cccc(C(=O)NC(c2ccccc2)c2c(O)ccc3ccccc23)c1. The topological polar surface area (TPSA) is 58.6 Å². The standard InChI is InChI=1S/C25H21NO3/c1-29-20-12-7-11-19(16-20)25(28)26-24(18-9-3-2-4-10-18)23-21-13-6-5-8-17(21)14-15-22(23)27/h2-16,24,27H,1H3,(H,26,28). The molecule has 0 heterocycles. The van der Waals surface area contributed by atoms with Crippen molar-refractivity contribution in [3.63, 3.8) is 0 Å². The quantitative estimate of drug-likeness (QED) is 0.506. The Labute approximate surface area is 169 Å². The minimum atomic E-state index is -0.513. The zero-order valence-corrected chi connectivity index (χ0v) is 16.0. The third-order valence-electron chi connectivity index (χ3n) is 4.98. The summed E-state index contributed by atoms with van der Waals surface area (Å²) < 4.78 is 5.24. The molecule has 4 aromatic rings. The molecule has 1 unspecified atom stereocenters. The van der Waals surface area contributed by atoms with Gasteiger partial charge in [0.15, 0.2) is 0 Å². The van der Waals surface area contributed by atoms with Gasteiger partial charge in [0, 0.05) is 11.1 Å². The molecule has 4 aromatic carbocycles. The Morgan fingerprint density at radius 3 is 2.45 bits per heavy atom. The van der Waals surface area contributed by atoms with Crippen molar-refractivity contribution >= 4 is 16.7 Å². The van der Waals surface area contributed by atoms with E-state index < -0.39 is 6.04 Å². The average molecular weight is 383 g/mol. The van der Waals surface area contributed by atoms with Gasteiger partial charge in [-0.15, -0.1) is 0 Å². The number of carbonyl (C=O) groups is 1. The maximum Gasteiger partial charge on any atom is 0.252 e. The van der Waals surface area contributed by atoms with Gasteiger partial charge in [0.2, 0.25) is 0 Å². The summed E-state index contributed by atoms with van der Waals surface area (Å²) in [5.41, 5.74) is 2.05. The predicted octanol–water partition coefficient (Wildman–Crippen LogP) is 5.07. The van der Waals surface area contributed by atoms with E-state index in [4.69, 9.17) is 4.74 Å². The molecule has 0 aromatic heterocycles. The van der Waals surface area contributed by atoms with Crippen molar-refractivity contribution in [3.05, 3.63) is 108 Å². The Kier molecular flexibility index (Phi) is 5.16. The molecule has 0 bridgehead atoms. The lowest BCUT2D eigenvalue weighted by molar-refractivity contribution is 0.0942. The number of phenols is 1. The van der Waals surface area contributed by atoms with Gasteiger partial charge in [-0.1, -0.05) is 66.7 Å². The van der Waals surface area contributed by atoms with Crippen LogP contribution in [-0.2, 0) is 0 Å². The lowest BCUT2D eigenvalue weighted by Gasteiger charge is -2.23. The molecule has 29 heavy (non-hydrogen) atoms. The molecule has 4 heteroatoms. The van der Waals surface area contributed by atoms with Gasteiger partial charge in [-0.3, -0.25) is 4.79 Å². The van der Waals surface area contributed by atoms with Crippen molar-refractivity contribution in [2.45, 2.75) is 6.04 Å². The highest BCUT2D eigenvalue weighted by atomic mass is 16.5. The number of rotatable bonds is 5. The van der Waals surface area contributed by atoms with Gasteiger partial charge in [0.25, 0.3) is 5.91 Å². The van der Waals surface area contributed by atoms with Gasteiger partial charge in [-0.2, -0.15) is 0 Å². The second kappa shape index (κ2) is 8.07. The molecule has 0 radical (unpaired) electrons. The van der Waals surface area contributed by atoms with Crippen molar-refractivity contribution in [2.75, 3.05) is 7.11 Å². The molecule has 0 spiro atoms. The predicted molar refractivity (Wildman–Crippen MR) is 114 cm³/mol. The highest BCUT2D eigenvalue weighted by Gasteiger charge is 2.23. The fraction of sp³-hybridized carbons (Fsp3) is 0.0800. The first-order valence-corrected chi connectivity index (χ1v) is 9.38. The van der Waals surface area contributed by atoms with E-state index >= 15 is 0 Å². The molecule has 0 saturated carbocycles. The molecule has 2 N–H and O–H groups in total. The second-order valence-electron chi connectivity index (χ2n) is 6.77. The van der Waals surface area contributed by atoms with E-state index in [0.29, 0.717) is 16.9 Å². The van der Waals surface area contributed by atoms with Crippen molar-refractivity contribution < 1.29 is 14.6 Å². The summed E-state index contributed by atoms with van der Waals surface area (Å²) in [5.74, 6) is 0.510. The first-order valence-electron chi connectivity index (χ1n) is 9.38. The van der Waals surface area contributed by atoms with E-state index in [1.54, 1.807) is 37.4 Å². The van der Waals surface area contributed by atoms with E-state index in [0.717, 1.165) is 16.3 Å². The van der Waals surface area contributed by atoms with Crippen molar-refractivity contribution in [3.8, 4) is 11.5 Å². The van der Waals surface area contributed by atoms with Gasteiger partial charge in [0.1, 0.15) is 11.5 Å². The largest absolute Gasteiger partial charge is 0.508 e. The number of benzene rings is 4. The number of carbonyl (C=O) groups excluding carboxylic acids is 1. The van der Waals surface area contributed by atoms with E-state index in [-0.39, 0.29) is 11.7 Å². The Hall–Kier alpha value is -3.79. The molecule has 1 amide bonds. The molecule has 0 saturated heterocycles. The number of fused-ring (bicyclic) bond motifs is 1. The molecule has 4 rings (SSSR count). The summed E-state index contributed by atoms with van der Waals surface area (Å²) >= 11 is 0. The van der Waals surface area contributed by atoms with Gasteiger partial charge in [-0.05, 0) is 40.6 Å². The van der Waals surface area contributed by atoms with Crippen molar-refractivity contribution in [2.24, 2.45) is 0 Å². The molecule has 0 fully saturated rings. The normalized spacial score (nSPS) is 11.8. The van der Waals surface area contributed by atoms with Gasteiger partial charge in [-0.25, -0.2) is 0 Å². The monoisotopic (exact) mass is 383 g/mol. The number of hydrogen-bond donors (Lipinski definition) is 2. The zero-order valence-electron chi connectivity index (χ0n) is 16.0. The summed E-state index contributed by atoms with van der Waals surface area (Å²) in [6.07, 6.45) is 0. The average Bonchev–Trinajstić information content (AvgIpc) is 2.78. The summed E-state index contributed by atoms with van der Waals surface area (Å²) in [6, 6.07) is 27.5. The third kappa shape index (κ3) is 3.78. The van der Waals surface area contributed by atoms with Gasteiger partial charge in [0.05, 0.1) is 13.2 Å². The Morgan fingerprint density at radius 2 is 1.66 bits per heavy atom. The van der Waals surface area contributed by atoms with E-state index in [1.165, 1.54) is 0 Å². The number of hydrogen-bond acceptors (Lipinski definition) is 3. The Balaban J connectivity index is 1.82. The van der Waals surface area contributed by atoms with E-state index in [2.05, 4.69) is 5.32 Å². The molecule has 0 aliphatic carbocycles. The summed E-state index contributed by atoms with van der Waals surface area (Å²) in [4.78, 5) is 13.1. The molecular formula is C25H21NO3. The summed E-state index contributed by atoms with van der Waals surface area (Å²) in [5, 5.41) is 15.7. The molecule has 0 aliphatic rings. The highest BCUT2D eigenvalue weighted by Crippen LogP contribution is 2.36. The lowest BCUT2D eigenvalue weighted by atomic mass is 9.92. The fourth-order valence-electron chi connectivity index (χ4n) is 3.53. The molecule has 0 aliphatic heterocycles. The zero-order chi connectivity index (χ0) is 20.2. The van der Waals surface area contributed by atoms with Crippen LogP contribution in [0.2, 0.25) is 0 Å². The molecule has 1 atom stereocenters. The summed E-state index contributed by atoms with van der Waals surface area (Å²) in [6.45, 7) is 0. The van der Waals surface area contributed by atoms with Crippen LogP contribution in [0.4, 0.5) is 0 Å². The molecular weight excluding hydrogens is 362 g/mol. The number of amides is 1. The van der Waals surface area contributed by atoms with Crippen LogP contribution in [0.15, 0.2) is 91.0 Å². The molecule has 4 nitrogen and oxygen atoms in total. The van der Waals surface area contributed by atoms with Crippen LogP contribution in [-0.4, -0.2) is 18.1 Å². The van der Waals surface area contributed by atoms with Crippen LogP contribution < -0.4 is 10.1 Å². The number of methoxy groups -OCH3 is 1. The van der Waals surface area contributed by atoms with Crippen LogP contribution in [0, 0.1) is 0 Å². The number of ether oxygens (including phenoxy) is 1. The Bertz CT molecular complexity index is 1160. The summed E-state index contributed by atoms with van der Waals surface area (Å²) in [7, 11) is 1.57. The second-order valence-corrected chi connectivity index (χ2v) is 6.77. The Morgan fingerprint density at radius 1 is 0.897 bits per heavy atom. The first-order chi connectivity index (χ1) is 14.2. The number of aromatic hydroxyl groups is 1. The maximum absolute atomic E-state index is 13.1. The number of nitrogens with one attached hydrogen (secondary N) is 1. The highest BCUT2D eigenvalue weighted by molar-refractivity contribution is 5.96. The van der Waals surface area contributed by atoms with Crippen LogP contribution >= 0.6 is 0 Å². The lowest BCUT2D eigenvalue weighted by Crippen LogP contribution is -2.29. The molecule has 144 valence electrons. The van der Waals surface area contributed by atoms with E-state index in [1.807, 2.05) is 60.7 Å².